The molecule has 1 aromatic carbocycles. The van der Waals surface area contributed by atoms with E-state index in [4.69, 9.17) is 11.6 Å². The molecule has 66 valence electrons. The lowest BCUT2D eigenvalue weighted by molar-refractivity contribution is 0.506. The highest BCUT2D eigenvalue weighted by Crippen LogP contribution is 2.20. The van der Waals surface area contributed by atoms with Crippen LogP contribution in [0.15, 0.2) is 23.1 Å². The topological polar surface area (TPSA) is 0 Å². The van der Waals surface area contributed by atoms with Gasteiger partial charge in [0, 0.05) is 16.5 Å². The van der Waals surface area contributed by atoms with E-state index in [0.717, 1.165) is 6.07 Å². The summed E-state index contributed by atoms with van der Waals surface area (Å²) in [6, 6.07) is 3.83. The third-order valence-corrected chi connectivity index (χ3v) is 2.65. The second-order valence-electron chi connectivity index (χ2n) is 2.11. The first-order chi connectivity index (χ1) is 5.74. The molecule has 0 aliphatic carbocycles. The first kappa shape index (κ1) is 9.81. The summed E-state index contributed by atoms with van der Waals surface area (Å²) < 4.78 is 25.0. The van der Waals surface area contributed by atoms with E-state index in [2.05, 4.69) is 0 Å². The van der Waals surface area contributed by atoms with E-state index in [9.17, 15) is 8.78 Å². The zero-order chi connectivity index (χ0) is 8.97. The second kappa shape index (κ2) is 4.67. The third kappa shape index (κ3) is 2.64. The Morgan fingerprint density at radius 1 is 1.25 bits per heavy atom. The summed E-state index contributed by atoms with van der Waals surface area (Å²) in [7, 11) is 0. The molecule has 0 amide bonds. The Hall–Kier alpha value is -0.280. The van der Waals surface area contributed by atoms with Gasteiger partial charge in [-0.3, -0.25) is 0 Å². The lowest BCUT2D eigenvalue weighted by Gasteiger charge is -1.98. The van der Waals surface area contributed by atoms with Crippen molar-refractivity contribution in [1.82, 2.24) is 0 Å². The zero-order valence-corrected chi connectivity index (χ0v) is 7.76. The molecule has 12 heavy (non-hydrogen) atoms. The van der Waals surface area contributed by atoms with Crippen molar-refractivity contribution in [2.45, 2.75) is 4.90 Å². The summed E-state index contributed by atoms with van der Waals surface area (Å²) in [6.45, 7) is 0. The van der Waals surface area contributed by atoms with Gasteiger partial charge < -0.3 is 0 Å². The number of rotatable bonds is 3. The highest BCUT2D eigenvalue weighted by molar-refractivity contribution is 7.99. The molecule has 1 rings (SSSR count). The predicted octanol–water partition coefficient (Wildman–Crippen LogP) is 3.30. The van der Waals surface area contributed by atoms with E-state index >= 15 is 0 Å². The van der Waals surface area contributed by atoms with Gasteiger partial charge >= 0.3 is 0 Å². The van der Waals surface area contributed by atoms with E-state index < -0.39 is 11.6 Å². The van der Waals surface area contributed by atoms with E-state index in [1.54, 1.807) is 0 Å². The van der Waals surface area contributed by atoms with Crippen LogP contribution in [-0.2, 0) is 0 Å². The van der Waals surface area contributed by atoms with Gasteiger partial charge in [0.2, 0.25) is 0 Å². The minimum atomic E-state index is -0.815. The molecule has 0 aliphatic heterocycles. The maximum Gasteiger partial charge on any atom is 0.159 e. The molecule has 0 saturated carbocycles. The molecule has 0 bridgehead atoms. The Labute approximate surface area is 78.9 Å². The Bertz CT molecular complexity index is 265. The van der Waals surface area contributed by atoms with Crippen molar-refractivity contribution in [3.63, 3.8) is 0 Å². The van der Waals surface area contributed by atoms with Crippen LogP contribution in [0, 0.1) is 11.6 Å². The van der Waals surface area contributed by atoms with Crippen LogP contribution in [-0.4, -0.2) is 11.6 Å². The summed E-state index contributed by atoms with van der Waals surface area (Å²) >= 11 is 6.84. The number of benzene rings is 1. The van der Waals surface area contributed by atoms with Crippen LogP contribution in [0.3, 0.4) is 0 Å². The van der Waals surface area contributed by atoms with E-state index in [-0.39, 0.29) is 0 Å². The molecule has 0 saturated heterocycles. The minimum Gasteiger partial charge on any atom is -0.204 e. The average Bonchev–Trinajstić information content (AvgIpc) is 2.07. The Balaban J connectivity index is 2.69. The number of alkyl halides is 1. The first-order valence-corrected chi connectivity index (χ1v) is 4.90. The van der Waals surface area contributed by atoms with Crippen LogP contribution in [0.1, 0.15) is 0 Å². The van der Waals surface area contributed by atoms with Gasteiger partial charge in [0.1, 0.15) is 0 Å². The largest absolute Gasteiger partial charge is 0.204 e. The molecule has 0 unspecified atom stereocenters. The van der Waals surface area contributed by atoms with Gasteiger partial charge in [-0.1, -0.05) is 0 Å². The molecule has 0 atom stereocenters. The summed E-state index contributed by atoms with van der Waals surface area (Å²) in [5.41, 5.74) is 0. The van der Waals surface area contributed by atoms with Gasteiger partial charge in [-0.25, -0.2) is 8.78 Å². The summed E-state index contributed by atoms with van der Waals surface area (Å²) in [5, 5.41) is 0. The molecule has 0 spiro atoms. The number of thioether (sulfide) groups is 1. The molecular weight excluding hydrogens is 202 g/mol. The van der Waals surface area contributed by atoms with E-state index in [1.807, 2.05) is 0 Å². The molecule has 1 aromatic rings. The number of hydrogen-bond acceptors (Lipinski definition) is 1. The number of hydrogen-bond donors (Lipinski definition) is 0. The SMILES string of the molecule is Fc1ccc(SCCCl)cc1F. The molecule has 0 aromatic heterocycles. The van der Waals surface area contributed by atoms with Gasteiger partial charge in [0.05, 0.1) is 0 Å². The van der Waals surface area contributed by atoms with Crippen molar-refractivity contribution >= 4 is 23.4 Å². The minimum absolute atomic E-state index is 0.504. The van der Waals surface area contributed by atoms with Crippen molar-refractivity contribution in [2.75, 3.05) is 11.6 Å². The molecule has 0 radical (unpaired) electrons. The van der Waals surface area contributed by atoms with Crippen molar-refractivity contribution in [1.29, 1.82) is 0 Å². The van der Waals surface area contributed by atoms with Gasteiger partial charge in [-0.15, -0.1) is 23.4 Å². The lowest BCUT2D eigenvalue weighted by atomic mass is 10.3. The molecule has 4 heteroatoms. The third-order valence-electron chi connectivity index (χ3n) is 1.24. The fourth-order valence-corrected chi connectivity index (χ4v) is 1.62. The monoisotopic (exact) mass is 208 g/mol. The molecule has 0 fully saturated rings. The maximum absolute atomic E-state index is 12.6. The summed E-state index contributed by atoms with van der Waals surface area (Å²) in [4.78, 5) is 0.703. The van der Waals surface area contributed by atoms with Gasteiger partial charge in [0.25, 0.3) is 0 Å². The summed E-state index contributed by atoms with van der Waals surface area (Å²) in [5.74, 6) is -0.421. The average molecular weight is 209 g/mol. The van der Waals surface area contributed by atoms with E-state index in [0.29, 0.717) is 16.5 Å². The van der Waals surface area contributed by atoms with Crippen molar-refractivity contribution in [3.8, 4) is 0 Å². The van der Waals surface area contributed by atoms with Gasteiger partial charge in [-0.2, -0.15) is 0 Å². The Kier molecular flexibility index (Phi) is 3.82. The fourth-order valence-electron chi connectivity index (χ4n) is 0.723. The standard InChI is InChI=1S/C8H7ClF2S/c9-3-4-12-6-1-2-7(10)8(11)5-6/h1-2,5H,3-4H2. The first-order valence-electron chi connectivity index (χ1n) is 3.38. The Morgan fingerprint density at radius 2 is 2.00 bits per heavy atom. The second-order valence-corrected chi connectivity index (χ2v) is 3.66. The highest BCUT2D eigenvalue weighted by Gasteiger charge is 2.01. The van der Waals surface area contributed by atoms with Crippen LogP contribution in [0.2, 0.25) is 0 Å². The van der Waals surface area contributed by atoms with Crippen LogP contribution >= 0.6 is 23.4 Å². The molecule has 0 heterocycles. The van der Waals surface area contributed by atoms with Crippen molar-refractivity contribution in [2.24, 2.45) is 0 Å². The smallest absolute Gasteiger partial charge is 0.159 e. The molecular formula is C8H7ClF2S. The van der Waals surface area contributed by atoms with Gasteiger partial charge in [-0.05, 0) is 18.2 Å². The van der Waals surface area contributed by atoms with Crippen LogP contribution in [0.25, 0.3) is 0 Å². The normalized spacial score (nSPS) is 10.2. The highest BCUT2D eigenvalue weighted by atomic mass is 35.5. The lowest BCUT2D eigenvalue weighted by Crippen LogP contribution is -1.85. The fraction of sp³-hybridized carbons (Fsp3) is 0.250. The zero-order valence-electron chi connectivity index (χ0n) is 6.19. The van der Waals surface area contributed by atoms with Gasteiger partial charge in [0.15, 0.2) is 11.6 Å². The van der Waals surface area contributed by atoms with Crippen LogP contribution in [0.5, 0.6) is 0 Å². The summed E-state index contributed by atoms with van der Waals surface area (Å²) in [6.07, 6.45) is 0. The van der Waals surface area contributed by atoms with Crippen molar-refractivity contribution in [3.05, 3.63) is 29.8 Å². The molecule has 0 N–H and O–H groups in total. The predicted molar refractivity (Wildman–Crippen MR) is 47.8 cm³/mol. The number of halogens is 3. The molecule has 0 aliphatic rings. The quantitative estimate of drug-likeness (QED) is 0.543. The maximum atomic E-state index is 12.6. The molecule has 0 nitrogen and oxygen atoms in total. The Morgan fingerprint density at radius 3 is 2.58 bits per heavy atom. The van der Waals surface area contributed by atoms with Crippen LogP contribution < -0.4 is 0 Å². The van der Waals surface area contributed by atoms with E-state index in [1.165, 1.54) is 23.9 Å². The van der Waals surface area contributed by atoms with Crippen molar-refractivity contribution < 1.29 is 8.78 Å². The van der Waals surface area contributed by atoms with Crippen LogP contribution in [0.4, 0.5) is 8.78 Å².